The summed E-state index contributed by atoms with van der Waals surface area (Å²) in [6.45, 7) is 0.689. The molecular formula is C16H15NO3S. The highest BCUT2D eigenvalue weighted by molar-refractivity contribution is 7.12. The number of thiazole rings is 1. The summed E-state index contributed by atoms with van der Waals surface area (Å²) in [6.07, 6.45) is 2.43. The number of aromatic nitrogens is 1. The Bertz CT molecular complexity index is 709. The number of hydrogen-bond donors (Lipinski definition) is 1. The fourth-order valence-electron chi connectivity index (χ4n) is 3.23. The van der Waals surface area contributed by atoms with Crippen molar-refractivity contribution in [1.29, 1.82) is 0 Å². The number of rotatable bonds is 2. The maximum Gasteiger partial charge on any atom is 0.312 e. The van der Waals surface area contributed by atoms with Gasteiger partial charge in [-0.3, -0.25) is 4.79 Å². The van der Waals surface area contributed by atoms with Crippen LogP contribution in [0.4, 0.5) is 0 Å². The highest BCUT2D eigenvalue weighted by Gasteiger charge is 2.34. The molecule has 0 amide bonds. The van der Waals surface area contributed by atoms with Gasteiger partial charge in [-0.15, -0.1) is 11.3 Å². The molecule has 21 heavy (non-hydrogen) atoms. The van der Waals surface area contributed by atoms with Crippen LogP contribution in [0.15, 0.2) is 24.3 Å². The molecule has 4 rings (SSSR count). The number of carboxylic acids is 1. The first-order valence-corrected chi connectivity index (χ1v) is 7.99. The summed E-state index contributed by atoms with van der Waals surface area (Å²) in [5.74, 6) is -0.00282. The summed E-state index contributed by atoms with van der Waals surface area (Å²) in [5.41, 5.74) is 1.97. The van der Waals surface area contributed by atoms with Gasteiger partial charge in [-0.25, -0.2) is 4.98 Å². The Morgan fingerprint density at radius 3 is 3.05 bits per heavy atom. The highest BCUT2D eigenvalue weighted by atomic mass is 32.1. The van der Waals surface area contributed by atoms with Gasteiger partial charge in [0.2, 0.25) is 0 Å². The van der Waals surface area contributed by atoms with Crippen LogP contribution in [-0.4, -0.2) is 22.7 Å². The lowest BCUT2D eigenvalue weighted by atomic mass is 9.94. The summed E-state index contributed by atoms with van der Waals surface area (Å²) < 4.78 is 5.69. The molecule has 0 bridgehead atoms. The Kier molecular flexibility index (Phi) is 2.96. The quantitative estimate of drug-likeness (QED) is 0.925. The fraction of sp³-hybridized carbons (Fsp3) is 0.375. The molecule has 0 saturated heterocycles. The van der Waals surface area contributed by atoms with Gasteiger partial charge in [0.1, 0.15) is 16.7 Å². The normalized spacial score (nSPS) is 23.2. The van der Waals surface area contributed by atoms with E-state index >= 15 is 0 Å². The summed E-state index contributed by atoms with van der Waals surface area (Å²) >= 11 is 1.68. The average Bonchev–Trinajstić information content (AvgIpc) is 3.06. The van der Waals surface area contributed by atoms with E-state index in [1.54, 1.807) is 11.3 Å². The monoisotopic (exact) mass is 301 g/mol. The third-order valence-corrected chi connectivity index (χ3v) is 5.53. The minimum Gasteiger partial charge on any atom is -0.493 e. The zero-order valence-corrected chi connectivity index (χ0v) is 12.2. The largest absolute Gasteiger partial charge is 0.493 e. The van der Waals surface area contributed by atoms with Gasteiger partial charge in [-0.1, -0.05) is 18.2 Å². The van der Waals surface area contributed by atoms with E-state index in [9.17, 15) is 9.90 Å². The van der Waals surface area contributed by atoms with Crippen molar-refractivity contribution in [3.05, 3.63) is 45.4 Å². The molecule has 1 aliphatic carbocycles. The SMILES string of the molecule is O=C(O)C1CCc2sc(C3CCOc4ccccc43)nc21. The fourth-order valence-corrected chi connectivity index (χ4v) is 4.53. The lowest BCUT2D eigenvalue weighted by Crippen LogP contribution is -2.15. The van der Waals surface area contributed by atoms with Crippen LogP contribution in [0.25, 0.3) is 0 Å². The smallest absolute Gasteiger partial charge is 0.312 e. The standard InChI is InChI=1S/C16H15NO3S/c18-16(19)11-5-6-13-14(11)17-15(21-13)10-7-8-20-12-4-2-1-3-9(10)12/h1-4,10-11H,5-8H2,(H,18,19). The maximum absolute atomic E-state index is 11.3. The van der Waals surface area contributed by atoms with Gasteiger partial charge < -0.3 is 9.84 Å². The van der Waals surface area contributed by atoms with Crippen LogP contribution in [0.3, 0.4) is 0 Å². The predicted molar refractivity (Wildman–Crippen MR) is 79.2 cm³/mol. The molecule has 1 aliphatic heterocycles. The molecule has 2 heterocycles. The summed E-state index contributed by atoms with van der Waals surface area (Å²) in [6, 6.07) is 8.06. The number of para-hydroxylation sites is 1. The molecular weight excluding hydrogens is 286 g/mol. The van der Waals surface area contributed by atoms with Crippen LogP contribution < -0.4 is 4.74 Å². The molecule has 1 aromatic heterocycles. The first-order chi connectivity index (χ1) is 10.2. The van der Waals surface area contributed by atoms with E-state index in [4.69, 9.17) is 9.72 Å². The Labute approximate surface area is 126 Å². The number of hydrogen-bond acceptors (Lipinski definition) is 4. The summed E-state index contributed by atoms with van der Waals surface area (Å²) in [4.78, 5) is 17.1. The topological polar surface area (TPSA) is 59.4 Å². The molecule has 2 aliphatic rings. The molecule has 0 radical (unpaired) electrons. The molecule has 0 spiro atoms. The van der Waals surface area contributed by atoms with Crippen LogP contribution in [0.2, 0.25) is 0 Å². The van der Waals surface area contributed by atoms with E-state index < -0.39 is 11.9 Å². The van der Waals surface area contributed by atoms with Crippen molar-refractivity contribution >= 4 is 17.3 Å². The Balaban J connectivity index is 1.73. The second kappa shape index (κ2) is 4.84. The zero-order chi connectivity index (χ0) is 14.4. The van der Waals surface area contributed by atoms with Crippen molar-refractivity contribution < 1.29 is 14.6 Å². The van der Waals surface area contributed by atoms with Crippen molar-refractivity contribution in [2.24, 2.45) is 0 Å². The van der Waals surface area contributed by atoms with Crippen LogP contribution >= 0.6 is 11.3 Å². The predicted octanol–water partition coefficient (Wildman–Crippen LogP) is 3.17. The van der Waals surface area contributed by atoms with Crippen LogP contribution in [0.5, 0.6) is 5.75 Å². The maximum atomic E-state index is 11.3. The lowest BCUT2D eigenvalue weighted by Gasteiger charge is -2.24. The number of fused-ring (bicyclic) bond motifs is 2. The Morgan fingerprint density at radius 2 is 2.19 bits per heavy atom. The number of aliphatic carboxylic acids is 1. The first-order valence-electron chi connectivity index (χ1n) is 7.18. The lowest BCUT2D eigenvalue weighted by molar-refractivity contribution is -0.138. The molecule has 1 aromatic carbocycles. The second-order valence-corrected chi connectivity index (χ2v) is 6.63. The molecule has 5 heteroatoms. The molecule has 0 fully saturated rings. The van der Waals surface area contributed by atoms with Gasteiger partial charge in [-0.05, 0) is 25.3 Å². The average molecular weight is 301 g/mol. The van der Waals surface area contributed by atoms with Crippen LogP contribution in [-0.2, 0) is 11.2 Å². The molecule has 2 atom stereocenters. The first kappa shape index (κ1) is 12.8. The van der Waals surface area contributed by atoms with Gasteiger partial charge in [0.25, 0.3) is 0 Å². The number of benzene rings is 1. The van der Waals surface area contributed by atoms with Gasteiger partial charge in [0, 0.05) is 16.4 Å². The molecule has 2 aromatic rings. The molecule has 4 nitrogen and oxygen atoms in total. The van der Waals surface area contributed by atoms with E-state index in [0.717, 1.165) is 34.2 Å². The third kappa shape index (κ3) is 2.03. The van der Waals surface area contributed by atoms with Gasteiger partial charge in [0.05, 0.1) is 12.3 Å². The molecule has 0 saturated carbocycles. The number of carbonyl (C=O) groups is 1. The zero-order valence-electron chi connectivity index (χ0n) is 11.4. The van der Waals surface area contributed by atoms with Gasteiger partial charge in [0.15, 0.2) is 0 Å². The number of carboxylic acid groups (broad SMARTS) is 1. The number of nitrogens with zero attached hydrogens (tertiary/aromatic N) is 1. The van der Waals surface area contributed by atoms with E-state index in [2.05, 4.69) is 6.07 Å². The molecule has 108 valence electrons. The van der Waals surface area contributed by atoms with E-state index in [0.29, 0.717) is 13.0 Å². The van der Waals surface area contributed by atoms with E-state index in [1.807, 2.05) is 18.2 Å². The number of ether oxygens (including phenoxy) is 1. The van der Waals surface area contributed by atoms with E-state index in [1.165, 1.54) is 5.56 Å². The van der Waals surface area contributed by atoms with Crippen molar-refractivity contribution in [2.75, 3.05) is 6.61 Å². The van der Waals surface area contributed by atoms with Crippen molar-refractivity contribution in [1.82, 2.24) is 4.98 Å². The second-order valence-electron chi connectivity index (χ2n) is 5.52. The van der Waals surface area contributed by atoms with Gasteiger partial charge in [-0.2, -0.15) is 0 Å². The number of aryl methyl sites for hydroxylation is 1. The van der Waals surface area contributed by atoms with Crippen LogP contribution in [0, 0.1) is 0 Å². The summed E-state index contributed by atoms with van der Waals surface area (Å²) in [7, 11) is 0. The van der Waals surface area contributed by atoms with Crippen LogP contribution in [0.1, 0.15) is 45.8 Å². The minimum absolute atomic E-state index is 0.236. The van der Waals surface area contributed by atoms with Gasteiger partial charge >= 0.3 is 5.97 Å². The highest BCUT2D eigenvalue weighted by Crippen LogP contribution is 2.43. The Hall–Kier alpha value is -1.88. The molecule has 2 unspecified atom stereocenters. The van der Waals surface area contributed by atoms with Crippen molar-refractivity contribution in [3.8, 4) is 5.75 Å². The third-order valence-electron chi connectivity index (χ3n) is 4.29. The minimum atomic E-state index is -0.752. The molecule has 1 N–H and O–H groups in total. The summed E-state index contributed by atoms with van der Waals surface area (Å²) in [5, 5.41) is 10.3. The Morgan fingerprint density at radius 1 is 1.33 bits per heavy atom. The van der Waals surface area contributed by atoms with Crippen molar-refractivity contribution in [2.45, 2.75) is 31.1 Å². The van der Waals surface area contributed by atoms with Crippen molar-refractivity contribution in [3.63, 3.8) is 0 Å². The van der Waals surface area contributed by atoms with E-state index in [-0.39, 0.29) is 5.92 Å².